The summed E-state index contributed by atoms with van der Waals surface area (Å²) < 4.78 is 37.7. The fraction of sp³-hybridized carbons (Fsp3) is 0.417. The molecule has 1 aromatic heterocycles. The molecule has 0 saturated carbocycles. The van der Waals surface area contributed by atoms with E-state index >= 15 is 0 Å². The summed E-state index contributed by atoms with van der Waals surface area (Å²) in [4.78, 5) is 0. The lowest BCUT2D eigenvalue weighted by Gasteiger charge is -2.10. The third-order valence-electron chi connectivity index (χ3n) is 2.82. The number of tetrazole rings is 1. The highest BCUT2D eigenvalue weighted by molar-refractivity contribution is 6.31. The van der Waals surface area contributed by atoms with E-state index in [1.54, 1.807) is 6.07 Å². The molecule has 0 aliphatic carbocycles. The summed E-state index contributed by atoms with van der Waals surface area (Å²) in [7, 11) is 0. The van der Waals surface area contributed by atoms with Crippen LogP contribution in [-0.2, 0) is 19.5 Å². The van der Waals surface area contributed by atoms with Gasteiger partial charge in [0.25, 0.3) is 0 Å². The van der Waals surface area contributed by atoms with Crippen molar-refractivity contribution in [3.05, 3.63) is 34.6 Å². The van der Waals surface area contributed by atoms with E-state index in [9.17, 15) is 13.2 Å². The van der Waals surface area contributed by atoms with Gasteiger partial charge < -0.3 is 5.32 Å². The average Bonchev–Trinajstić information content (AvgIpc) is 2.81. The van der Waals surface area contributed by atoms with Gasteiger partial charge in [-0.3, -0.25) is 0 Å². The fourth-order valence-corrected chi connectivity index (χ4v) is 2.08. The maximum Gasteiger partial charge on any atom is 0.408 e. The highest BCUT2D eigenvalue weighted by atomic mass is 35.5. The fourth-order valence-electron chi connectivity index (χ4n) is 1.77. The minimum Gasteiger partial charge on any atom is -0.378 e. The van der Waals surface area contributed by atoms with Gasteiger partial charge in [-0.2, -0.15) is 13.2 Å². The zero-order valence-electron chi connectivity index (χ0n) is 11.2. The van der Waals surface area contributed by atoms with Gasteiger partial charge in [-0.05, 0) is 34.5 Å². The Bertz CT molecular complexity index is 611. The first kappa shape index (κ1) is 15.6. The van der Waals surface area contributed by atoms with E-state index in [0.29, 0.717) is 10.7 Å². The van der Waals surface area contributed by atoms with Gasteiger partial charge in [0.2, 0.25) is 0 Å². The summed E-state index contributed by atoms with van der Waals surface area (Å²) in [5.41, 5.74) is 1.70. The second-order valence-corrected chi connectivity index (χ2v) is 4.79. The van der Waals surface area contributed by atoms with Crippen LogP contribution >= 0.6 is 11.6 Å². The van der Waals surface area contributed by atoms with Crippen LogP contribution in [0.25, 0.3) is 0 Å². The van der Waals surface area contributed by atoms with Crippen molar-refractivity contribution in [2.75, 3.05) is 5.32 Å². The lowest BCUT2D eigenvalue weighted by Crippen LogP contribution is -2.21. The number of halogens is 4. The van der Waals surface area contributed by atoms with Crippen LogP contribution in [0.1, 0.15) is 18.3 Å². The standard InChI is InChI=1S/C12H13ClF3N5/c1-2-8-3-4-9(5-10(8)13)17-6-11-18-19-20-21(11)7-12(14,15)16/h3-5,17H,2,6-7H2,1H3. The molecule has 2 rings (SSSR count). The van der Waals surface area contributed by atoms with Gasteiger partial charge in [-0.25, -0.2) is 4.68 Å². The minimum atomic E-state index is -4.36. The predicted octanol–water partition coefficient (Wildman–Crippen LogP) is 3.06. The number of nitrogens with one attached hydrogen (secondary N) is 1. The molecule has 2 aromatic rings. The number of aryl methyl sites for hydroxylation is 1. The van der Waals surface area contributed by atoms with E-state index in [-0.39, 0.29) is 12.4 Å². The smallest absolute Gasteiger partial charge is 0.378 e. The molecular weight excluding hydrogens is 307 g/mol. The Hall–Kier alpha value is -1.83. The number of alkyl halides is 3. The van der Waals surface area contributed by atoms with Crippen molar-refractivity contribution in [2.24, 2.45) is 0 Å². The lowest BCUT2D eigenvalue weighted by molar-refractivity contribution is -0.143. The molecule has 0 radical (unpaired) electrons. The number of hydrogen-bond donors (Lipinski definition) is 1. The normalized spacial score (nSPS) is 11.7. The summed E-state index contributed by atoms with van der Waals surface area (Å²) in [6, 6.07) is 5.39. The molecule has 0 spiro atoms. The molecule has 0 saturated heterocycles. The molecule has 114 valence electrons. The van der Waals surface area contributed by atoms with E-state index in [2.05, 4.69) is 20.8 Å². The van der Waals surface area contributed by atoms with Crippen LogP contribution in [-0.4, -0.2) is 26.4 Å². The molecule has 1 heterocycles. The number of aromatic nitrogens is 4. The largest absolute Gasteiger partial charge is 0.408 e. The van der Waals surface area contributed by atoms with E-state index in [1.165, 1.54) is 0 Å². The van der Waals surface area contributed by atoms with Crippen LogP contribution in [0.3, 0.4) is 0 Å². The Morgan fingerprint density at radius 3 is 2.71 bits per heavy atom. The van der Waals surface area contributed by atoms with Crippen LogP contribution in [0, 0.1) is 0 Å². The van der Waals surface area contributed by atoms with Crippen LogP contribution in [0.2, 0.25) is 5.02 Å². The number of rotatable bonds is 5. The van der Waals surface area contributed by atoms with Crippen LogP contribution in [0.4, 0.5) is 18.9 Å². The van der Waals surface area contributed by atoms with Crippen LogP contribution < -0.4 is 5.32 Å². The lowest BCUT2D eigenvalue weighted by atomic mass is 10.1. The zero-order valence-corrected chi connectivity index (χ0v) is 11.9. The van der Waals surface area contributed by atoms with Gasteiger partial charge >= 0.3 is 6.18 Å². The molecule has 0 amide bonds. The third-order valence-corrected chi connectivity index (χ3v) is 3.17. The van der Waals surface area contributed by atoms with Crippen molar-refractivity contribution in [1.29, 1.82) is 0 Å². The third kappa shape index (κ3) is 4.32. The van der Waals surface area contributed by atoms with Crippen LogP contribution in [0.15, 0.2) is 18.2 Å². The first-order valence-electron chi connectivity index (χ1n) is 6.23. The Morgan fingerprint density at radius 1 is 1.33 bits per heavy atom. The molecule has 5 nitrogen and oxygen atoms in total. The van der Waals surface area contributed by atoms with Crippen molar-refractivity contribution in [3.63, 3.8) is 0 Å². The van der Waals surface area contributed by atoms with Crippen LogP contribution in [0.5, 0.6) is 0 Å². The quantitative estimate of drug-likeness (QED) is 0.920. The molecule has 1 N–H and O–H groups in total. The predicted molar refractivity (Wildman–Crippen MR) is 72.0 cm³/mol. The van der Waals surface area contributed by atoms with E-state index in [4.69, 9.17) is 11.6 Å². The second kappa shape index (κ2) is 6.30. The van der Waals surface area contributed by atoms with Crippen molar-refractivity contribution in [3.8, 4) is 0 Å². The summed E-state index contributed by atoms with van der Waals surface area (Å²) in [5, 5.41) is 13.7. The first-order valence-corrected chi connectivity index (χ1v) is 6.61. The molecule has 0 aliphatic rings. The minimum absolute atomic E-state index is 0.0743. The van der Waals surface area contributed by atoms with Crippen molar-refractivity contribution in [1.82, 2.24) is 20.2 Å². The second-order valence-electron chi connectivity index (χ2n) is 4.38. The highest BCUT2D eigenvalue weighted by Gasteiger charge is 2.30. The number of nitrogens with zero attached hydrogens (tertiary/aromatic N) is 4. The van der Waals surface area contributed by atoms with E-state index < -0.39 is 12.7 Å². The van der Waals surface area contributed by atoms with Gasteiger partial charge in [0.1, 0.15) is 6.54 Å². The van der Waals surface area contributed by atoms with E-state index in [0.717, 1.165) is 16.7 Å². The van der Waals surface area contributed by atoms with Crippen molar-refractivity contribution >= 4 is 17.3 Å². The molecule has 0 bridgehead atoms. The SMILES string of the molecule is CCc1ccc(NCc2nnnn2CC(F)(F)F)cc1Cl. The number of hydrogen-bond acceptors (Lipinski definition) is 4. The molecule has 0 fully saturated rings. The summed E-state index contributed by atoms with van der Waals surface area (Å²) in [5.74, 6) is 0.100. The Balaban J connectivity index is 2.03. The highest BCUT2D eigenvalue weighted by Crippen LogP contribution is 2.22. The Kier molecular flexibility index (Phi) is 4.66. The Labute approximate surface area is 124 Å². The number of benzene rings is 1. The maximum atomic E-state index is 12.3. The molecule has 9 heteroatoms. The molecule has 0 unspecified atom stereocenters. The summed E-state index contributed by atoms with van der Waals surface area (Å²) >= 11 is 6.07. The average molecular weight is 320 g/mol. The summed E-state index contributed by atoms with van der Waals surface area (Å²) in [6.07, 6.45) is -3.56. The first-order chi connectivity index (χ1) is 9.89. The Morgan fingerprint density at radius 2 is 2.10 bits per heavy atom. The van der Waals surface area contributed by atoms with Crippen molar-refractivity contribution in [2.45, 2.75) is 32.6 Å². The summed E-state index contributed by atoms with van der Waals surface area (Å²) in [6.45, 7) is 0.844. The van der Waals surface area contributed by atoms with Gasteiger partial charge in [-0.1, -0.05) is 24.6 Å². The van der Waals surface area contributed by atoms with Gasteiger partial charge in [0.15, 0.2) is 5.82 Å². The zero-order chi connectivity index (χ0) is 15.5. The van der Waals surface area contributed by atoms with Crippen molar-refractivity contribution < 1.29 is 13.2 Å². The molecule has 1 aromatic carbocycles. The molecule has 21 heavy (non-hydrogen) atoms. The van der Waals surface area contributed by atoms with Gasteiger partial charge in [0, 0.05) is 10.7 Å². The molecule has 0 atom stereocenters. The monoisotopic (exact) mass is 319 g/mol. The molecule has 0 aliphatic heterocycles. The molecular formula is C12H13ClF3N5. The number of anilines is 1. The topological polar surface area (TPSA) is 55.6 Å². The maximum absolute atomic E-state index is 12.3. The van der Waals surface area contributed by atoms with Gasteiger partial charge in [0.05, 0.1) is 6.54 Å². The van der Waals surface area contributed by atoms with Gasteiger partial charge in [-0.15, -0.1) is 5.10 Å². The van der Waals surface area contributed by atoms with E-state index in [1.807, 2.05) is 19.1 Å².